The maximum Gasteiger partial charge on any atom is 0.341 e. The third kappa shape index (κ3) is 9.59. The largest absolute Gasteiger partial charge is 0.462 e. The molecule has 0 radical (unpaired) electrons. The Bertz CT molecular complexity index is 2030. The number of nitrogens with one attached hydrogen (secondary N) is 3. The summed E-state index contributed by atoms with van der Waals surface area (Å²) in [6.45, 7) is 5.70. The number of carbonyl (C=O) groups excluding carboxylic acids is 4. The second-order valence-electron chi connectivity index (χ2n) is 11.1. The maximum absolute atomic E-state index is 13.5. The van der Waals surface area contributed by atoms with E-state index in [9.17, 15) is 19.2 Å². The van der Waals surface area contributed by atoms with Crippen LogP contribution in [0.25, 0.3) is 17.2 Å². The van der Waals surface area contributed by atoms with E-state index in [0.29, 0.717) is 27.4 Å². The number of amides is 3. The van der Waals surface area contributed by atoms with Gasteiger partial charge in [0.2, 0.25) is 5.91 Å². The summed E-state index contributed by atoms with van der Waals surface area (Å²) in [5.74, 6) is -1.73. The predicted molar refractivity (Wildman–Crippen MR) is 205 cm³/mol. The van der Waals surface area contributed by atoms with E-state index in [2.05, 4.69) is 31.9 Å². The molecule has 50 heavy (non-hydrogen) atoms. The van der Waals surface area contributed by atoms with E-state index in [1.165, 1.54) is 23.1 Å². The lowest BCUT2D eigenvalue weighted by atomic mass is 10.0. The second-order valence-corrected chi connectivity index (χ2v) is 14.3. The fourth-order valence-corrected chi connectivity index (χ4v) is 6.94. The van der Waals surface area contributed by atoms with Gasteiger partial charge < -0.3 is 20.7 Å². The normalized spacial score (nSPS) is 11.7. The molecule has 0 bridgehead atoms. The van der Waals surface area contributed by atoms with Crippen LogP contribution in [0.15, 0.2) is 124 Å². The molecule has 0 fully saturated rings. The SMILES string of the molecule is CCOC(=O)c1c(-c2ccc(C)cc2)csc1NC(=O)C(C)Sc1cccc(NC(=O)/C(=C/c2ccc(Br)cc2)NC(=O)c2ccccc2)c1. The molecule has 3 amide bonds. The van der Waals surface area contributed by atoms with Crippen LogP contribution in [0, 0.1) is 6.92 Å². The van der Waals surface area contributed by atoms with Crippen LogP contribution in [0.4, 0.5) is 10.7 Å². The molecule has 1 aromatic heterocycles. The molecule has 1 atom stereocenters. The molecule has 4 aromatic carbocycles. The van der Waals surface area contributed by atoms with Crippen molar-refractivity contribution in [2.75, 3.05) is 17.2 Å². The molecule has 3 N–H and O–H groups in total. The third-order valence-electron chi connectivity index (χ3n) is 7.35. The van der Waals surface area contributed by atoms with Gasteiger partial charge in [-0.3, -0.25) is 14.4 Å². The number of hydrogen-bond donors (Lipinski definition) is 3. The van der Waals surface area contributed by atoms with Crippen molar-refractivity contribution in [1.82, 2.24) is 5.32 Å². The molecule has 11 heteroatoms. The highest BCUT2D eigenvalue weighted by Crippen LogP contribution is 2.37. The number of anilines is 2. The Morgan fingerprint density at radius 1 is 0.900 bits per heavy atom. The first-order valence-corrected chi connectivity index (χ1v) is 18.2. The number of halogens is 1. The molecule has 0 saturated heterocycles. The Labute approximate surface area is 307 Å². The van der Waals surface area contributed by atoms with Crippen LogP contribution in [0.3, 0.4) is 0 Å². The van der Waals surface area contributed by atoms with Crippen molar-refractivity contribution in [2.24, 2.45) is 0 Å². The Hall–Kier alpha value is -4.97. The van der Waals surface area contributed by atoms with Crippen LogP contribution in [-0.4, -0.2) is 35.5 Å². The second kappa shape index (κ2) is 17.1. The van der Waals surface area contributed by atoms with Gasteiger partial charge in [-0.2, -0.15) is 0 Å². The van der Waals surface area contributed by atoms with Crippen LogP contribution in [-0.2, 0) is 14.3 Å². The first-order valence-electron chi connectivity index (χ1n) is 15.7. The van der Waals surface area contributed by atoms with Crippen LogP contribution >= 0.6 is 39.0 Å². The predicted octanol–water partition coefficient (Wildman–Crippen LogP) is 9.19. The summed E-state index contributed by atoms with van der Waals surface area (Å²) in [7, 11) is 0. The highest BCUT2D eigenvalue weighted by atomic mass is 79.9. The van der Waals surface area contributed by atoms with Crippen molar-refractivity contribution >= 4 is 79.5 Å². The zero-order valence-electron chi connectivity index (χ0n) is 27.5. The van der Waals surface area contributed by atoms with Gasteiger partial charge in [-0.05, 0) is 80.4 Å². The van der Waals surface area contributed by atoms with Crippen LogP contribution in [0.5, 0.6) is 0 Å². The Morgan fingerprint density at radius 2 is 1.62 bits per heavy atom. The molecule has 1 unspecified atom stereocenters. The first kappa shape index (κ1) is 36.3. The van der Waals surface area contributed by atoms with Crippen molar-refractivity contribution in [3.63, 3.8) is 0 Å². The minimum Gasteiger partial charge on any atom is -0.462 e. The van der Waals surface area contributed by atoms with E-state index >= 15 is 0 Å². The average molecular weight is 769 g/mol. The monoisotopic (exact) mass is 767 g/mol. The van der Waals surface area contributed by atoms with Gasteiger partial charge in [0.15, 0.2) is 0 Å². The Balaban J connectivity index is 1.30. The summed E-state index contributed by atoms with van der Waals surface area (Å²) < 4.78 is 6.22. The summed E-state index contributed by atoms with van der Waals surface area (Å²) in [5.41, 5.74) is 4.64. The topological polar surface area (TPSA) is 114 Å². The maximum atomic E-state index is 13.5. The number of rotatable bonds is 12. The Kier molecular flexibility index (Phi) is 12.4. The van der Waals surface area contributed by atoms with Crippen molar-refractivity contribution in [2.45, 2.75) is 30.9 Å². The number of ether oxygens (including phenoxy) is 1. The lowest BCUT2D eigenvalue weighted by Crippen LogP contribution is -2.30. The number of thiophene rings is 1. The fraction of sp³-hybridized carbons (Fsp3) is 0.128. The van der Waals surface area contributed by atoms with Crippen molar-refractivity contribution in [3.8, 4) is 11.1 Å². The molecule has 5 aromatic rings. The minimum atomic E-state index is -0.557. The molecule has 0 aliphatic heterocycles. The quantitative estimate of drug-likeness (QED) is 0.0663. The molecule has 1 heterocycles. The zero-order valence-corrected chi connectivity index (χ0v) is 30.7. The molecular weight excluding hydrogens is 734 g/mol. The average Bonchev–Trinajstić information content (AvgIpc) is 3.53. The standard InChI is InChI=1S/C39H34BrN3O5S2/c1-4-48-39(47)34-32(27-17-13-24(2)14-18-27)23-49-38(34)43-35(44)25(3)50-31-12-8-11-30(22-31)41-37(46)33(21-26-15-19-29(40)20-16-26)42-36(45)28-9-6-5-7-10-28/h5-23,25H,4H2,1-3H3,(H,41,46)(H,42,45)(H,43,44)/b33-21-. The molecule has 0 saturated carbocycles. The Morgan fingerprint density at radius 3 is 2.32 bits per heavy atom. The fourth-order valence-electron chi connectivity index (χ4n) is 4.79. The lowest BCUT2D eigenvalue weighted by Gasteiger charge is -2.14. The number of thioether (sulfide) groups is 1. The van der Waals surface area contributed by atoms with Crippen LogP contribution in [0.2, 0.25) is 0 Å². The minimum absolute atomic E-state index is 0.0605. The summed E-state index contributed by atoms with van der Waals surface area (Å²) in [4.78, 5) is 53.7. The highest BCUT2D eigenvalue weighted by Gasteiger charge is 2.25. The van der Waals surface area contributed by atoms with Gasteiger partial charge in [-0.1, -0.05) is 82.2 Å². The van der Waals surface area contributed by atoms with E-state index in [4.69, 9.17) is 4.74 Å². The van der Waals surface area contributed by atoms with Gasteiger partial charge in [0.05, 0.1) is 11.9 Å². The molecule has 8 nitrogen and oxygen atoms in total. The molecule has 5 rings (SSSR count). The molecule has 0 spiro atoms. The van der Waals surface area contributed by atoms with Gasteiger partial charge in [0.1, 0.15) is 16.3 Å². The van der Waals surface area contributed by atoms with Crippen molar-refractivity contribution < 1.29 is 23.9 Å². The summed E-state index contributed by atoms with van der Waals surface area (Å²) in [5, 5.41) is 10.3. The van der Waals surface area contributed by atoms with E-state index < -0.39 is 23.0 Å². The number of esters is 1. The highest BCUT2D eigenvalue weighted by molar-refractivity contribution is 9.10. The van der Waals surface area contributed by atoms with Gasteiger partial charge in [-0.25, -0.2) is 4.79 Å². The lowest BCUT2D eigenvalue weighted by molar-refractivity contribution is -0.115. The van der Waals surface area contributed by atoms with Crippen molar-refractivity contribution in [3.05, 3.63) is 141 Å². The molecule has 0 aliphatic carbocycles. The first-order chi connectivity index (χ1) is 24.1. The van der Waals surface area contributed by atoms with Gasteiger partial charge in [0, 0.05) is 31.6 Å². The zero-order chi connectivity index (χ0) is 35.6. The number of benzene rings is 4. The molecule has 0 aliphatic rings. The summed E-state index contributed by atoms with van der Waals surface area (Å²) in [6.07, 6.45) is 1.60. The van der Waals surface area contributed by atoms with E-state index in [-0.39, 0.29) is 18.2 Å². The summed E-state index contributed by atoms with van der Waals surface area (Å²) >= 11 is 5.98. The third-order valence-corrected chi connectivity index (χ3v) is 9.87. The number of carbonyl (C=O) groups is 4. The van der Waals surface area contributed by atoms with E-state index in [1.807, 2.05) is 73.0 Å². The number of aryl methyl sites for hydroxylation is 1. The van der Waals surface area contributed by atoms with Crippen LogP contribution in [0.1, 0.15) is 45.7 Å². The smallest absolute Gasteiger partial charge is 0.341 e. The molecule has 254 valence electrons. The number of hydrogen-bond acceptors (Lipinski definition) is 7. The molecular formula is C39H34BrN3O5S2. The summed E-state index contributed by atoms with van der Waals surface area (Å²) in [6, 6.07) is 30.9. The van der Waals surface area contributed by atoms with E-state index in [1.54, 1.807) is 62.4 Å². The van der Waals surface area contributed by atoms with Gasteiger partial charge >= 0.3 is 5.97 Å². The van der Waals surface area contributed by atoms with Gasteiger partial charge in [-0.15, -0.1) is 23.1 Å². The van der Waals surface area contributed by atoms with Gasteiger partial charge in [0.25, 0.3) is 11.8 Å². The van der Waals surface area contributed by atoms with Crippen molar-refractivity contribution in [1.29, 1.82) is 0 Å². The van der Waals surface area contributed by atoms with E-state index in [0.717, 1.165) is 26.1 Å². The van der Waals surface area contributed by atoms with Crippen LogP contribution < -0.4 is 16.0 Å².